The molecule has 0 aliphatic carbocycles. The molecule has 0 saturated heterocycles. The maximum atomic E-state index is 12.0. The fourth-order valence-corrected chi connectivity index (χ4v) is 2.45. The van der Waals surface area contributed by atoms with Crippen LogP contribution in [0.25, 0.3) is 0 Å². The van der Waals surface area contributed by atoms with E-state index in [1.54, 1.807) is 12.1 Å². The van der Waals surface area contributed by atoms with Gasteiger partial charge >= 0.3 is 12.0 Å². The molecule has 1 atom stereocenters. The Bertz CT molecular complexity index is 728. The van der Waals surface area contributed by atoms with Crippen molar-refractivity contribution in [2.24, 2.45) is 0 Å². The van der Waals surface area contributed by atoms with Gasteiger partial charge in [0.1, 0.15) is 0 Å². The first-order chi connectivity index (χ1) is 12.0. The molecule has 0 aliphatic heterocycles. The molecule has 0 heterocycles. The number of carbonyl (C=O) groups is 2. The van der Waals surface area contributed by atoms with Gasteiger partial charge in [0.2, 0.25) is 0 Å². The van der Waals surface area contributed by atoms with Gasteiger partial charge in [0.25, 0.3) is 0 Å². The van der Waals surface area contributed by atoms with Crippen molar-refractivity contribution in [3.05, 3.63) is 70.8 Å². The minimum atomic E-state index is -0.987. The van der Waals surface area contributed by atoms with E-state index in [2.05, 4.69) is 10.6 Å². The zero-order valence-electron chi connectivity index (χ0n) is 14.0. The van der Waals surface area contributed by atoms with Gasteiger partial charge in [-0.1, -0.05) is 36.4 Å². The van der Waals surface area contributed by atoms with Gasteiger partial charge in [-0.15, -0.1) is 0 Å². The third-order valence-corrected chi connectivity index (χ3v) is 3.94. The number of urea groups is 1. The van der Waals surface area contributed by atoms with E-state index in [1.165, 1.54) is 12.1 Å². The lowest BCUT2D eigenvalue weighted by Gasteiger charge is -2.18. The average Bonchev–Trinajstić information content (AvgIpc) is 2.61. The van der Waals surface area contributed by atoms with Crippen LogP contribution in [0.4, 0.5) is 4.79 Å². The van der Waals surface area contributed by atoms with Gasteiger partial charge in [-0.3, -0.25) is 0 Å². The molecule has 1 unspecified atom stereocenters. The van der Waals surface area contributed by atoms with E-state index >= 15 is 0 Å². The number of benzene rings is 2. The predicted molar refractivity (Wildman–Crippen MR) is 94.5 cm³/mol. The highest BCUT2D eigenvalue weighted by Gasteiger charge is 2.13. The minimum Gasteiger partial charge on any atom is -0.478 e. The molecule has 0 aliphatic rings. The second-order valence-corrected chi connectivity index (χ2v) is 5.84. The summed E-state index contributed by atoms with van der Waals surface area (Å²) in [6.07, 6.45) is 0.546. The molecule has 2 aromatic rings. The highest BCUT2D eigenvalue weighted by molar-refractivity contribution is 5.87. The average molecular weight is 342 g/mol. The molecule has 0 spiro atoms. The van der Waals surface area contributed by atoms with Crippen molar-refractivity contribution in [1.29, 1.82) is 0 Å². The maximum Gasteiger partial charge on any atom is 0.335 e. The Kier molecular flexibility index (Phi) is 6.54. The molecule has 2 aromatic carbocycles. The summed E-state index contributed by atoms with van der Waals surface area (Å²) in [7, 11) is 0. The van der Waals surface area contributed by atoms with E-state index in [1.807, 2.05) is 31.2 Å². The van der Waals surface area contributed by atoms with E-state index in [9.17, 15) is 14.7 Å². The summed E-state index contributed by atoms with van der Waals surface area (Å²) in [6.45, 7) is 2.11. The normalized spacial score (nSPS) is 11.6. The number of aliphatic hydroxyl groups excluding tert-OH is 1. The Labute approximate surface area is 146 Å². The lowest BCUT2D eigenvalue weighted by molar-refractivity contribution is 0.0697. The zero-order valence-corrected chi connectivity index (χ0v) is 14.0. The molecule has 6 nitrogen and oxygen atoms in total. The number of carbonyl (C=O) groups excluding carboxylic acids is 1. The Morgan fingerprint density at radius 2 is 1.76 bits per heavy atom. The summed E-state index contributed by atoms with van der Waals surface area (Å²) in [5.41, 5.74) is 3.18. The lowest BCUT2D eigenvalue weighted by Crippen LogP contribution is -2.44. The number of aryl methyl sites for hydroxylation is 1. The van der Waals surface area contributed by atoms with Crippen LogP contribution >= 0.6 is 0 Å². The Morgan fingerprint density at radius 1 is 1.08 bits per heavy atom. The number of carboxylic acid groups (broad SMARTS) is 1. The van der Waals surface area contributed by atoms with Crippen LogP contribution in [-0.4, -0.2) is 34.9 Å². The largest absolute Gasteiger partial charge is 0.478 e. The molecule has 2 amide bonds. The third-order valence-electron chi connectivity index (χ3n) is 3.94. The van der Waals surface area contributed by atoms with E-state index < -0.39 is 5.97 Å². The molecule has 0 fully saturated rings. The highest BCUT2D eigenvalue weighted by atomic mass is 16.4. The molecule has 0 bridgehead atoms. The van der Waals surface area contributed by atoms with Gasteiger partial charge in [-0.25, -0.2) is 9.59 Å². The summed E-state index contributed by atoms with van der Waals surface area (Å²) in [5.74, 6) is -0.987. The van der Waals surface area contributed by atoms with Crippen molar-refractivity contribution in [3.63, 3.8) is 0 Å². The fraction of sp³-hybridized carbons (Fsp3) is 0.263. The first-order valence-corrected chi connectivity index (χ1v) is 8.01. The molecule has 0 aromatic heterocycles. The molecule has 0 saturated carbocycles. The van der Waals surface area contributed by atoms with Crippen LogP contribution in [0.5, 0.6) is 0 Å². The zero-order chi connectivity index (χ0) is 18.2. The van der Waals surface area contributed by atoms with Crippen LogP contribution in [0, 0.1) is 6.92 Å². The second-order valence-electron chi connectivity index (χ2n) is 5.84. The number of hydrogen-bond donors (Lipinski definition) is 4. The number of amides is 2. The number of nitrogens with one attached hydrogen (secondary N) is 2. The molecule has 25 heavy (non-hydrogen) atoms. The standard InChI is InChI=1S/C19H22N2O4/c1-13-4-2-3-5-16(13)10-17(12-22)21-19(25)20-11-14-6-8-15(9-7-14)18(23)24/h2-9,17,22H,10-12H2,1H3,(H,23,24)(H2,20,21,25). The summed E-state index contributed by atoms with van der Waals surface area (Å²) >= 11 is 0. The Hall–Kier alpha value is -2.86. The number of aromatic carboxylic acids is 1. The molecule has 0 radical (unpaired) electrons. The molecule has 4 N–H and O–H groups in total. The SMILES string of the molecule is Cc1ccccc1CC(CO)NC(=O)NCc1ccc(C(=O)O)cc1. The number of rotatable bonds is 7. The lowest BCUT2D eigenvalue weighted by atomic mass is 10.0. The molecular formula is C19H22N2O4. The van der Waals surface area contributed by atoms with E-state index in [0.717, 1.165) is 16.7 Å². The van der Waals surface area contributed by atoms with Gasteiger partial charge in [-0.2, -0.15) is 0 Å². The van der Waals surface area contributed by atoms with E-state index in [-0.39, 0.29) is 30.8 Å². The van der Waals surface area contributed by atoms with Crippen LogP contribution in [0.2, 0.25) is 0 Å². The van der Waals surface area contributed by atoms with Crippen molar-refractivity contribution in [2.45, 2.75) is 25.9 Å². The van der Waals surface area contributed by atoms with Crippen LogP contribution in [0.1, 0.15) is 27.0 Å². The number of aliphatic hydroxyl groups is 1. The summed E-state index contributed by atoms with van der Waals surface area (Å²) in [5, 5.41) is 23.8. The van der Waals surface area contributed by atoms with Crippen LogP contribution < -0.4 is 10.6 Å². The first-order valence-electron chi connectivity index (χ1n) is 8.01. The molecule has 2 rings (SSSR count). The molecule has 6 heteroatoms. The number of hydrogen-bond acceptors (Lipinski definition) is 3. The summed E-state index contributed by atoms with van der Waals surface area (Å²) in [6, 6.07) is 13.4. The minimum absolute atomic E-state index is 0.158. The van der Waals surface area contributed by atoms with Crippen molar-refractivity contribution in [3.8, 4) is 0 Å². The van der Waals surface area contributed by atoms with Gasteiger partial charge in [0, 0.05) is 6.54 Å². The highest BCUT2D eigenvalue weighted by Crippen LogP contribution is 2.10. The van der Waals surface area contributed by atoms with E-state index in [4.69, 9.17) is 5.11 Å². The van der Waals surface area contributed by atoms with Gasteiger partial charge < -0.3 is 20.8 Å². The fourth-order valence-electron chi connectivity index (χ4n) is 2.45. The summed E-state index contributed by atoms with van der Waals surface area (Å²) < 4.78 is 0. The smallest absolute Gasteiger partial charge is 0.335 e. The van der Waals surface area contributed by atoms with Crippen LogP contribution in [-0.2, 0) is 13.0 Å². The van der Waals surface area contributed by atoms with Crippen molar-refractivity contribution >= 4 is 12.0 Å². The molecule has 132 valence electrons. The maximum absolute atomic E-state index is 12.0. The van der Waals surface area contributed by atoms with E-state index in [0.29, 0.717) is 6.42 Å². The third kappa shape index (κ3) is 5.61. The van der Waals surface area contributed by atoms with Crippen molar-refractivity contribution in [1.82, 2.24) is 10.6 Å². The molecular weight excluding hydrogens is 320 g/mol. The predicted octanol–water partition coefficient (Wildman–Crippen LogP) is 2.10. The van der Waals surface area contributed by atoms with Gasteiger partial charge in [-0.05, 0) is 42.2 Å². The second kappa shape index (κ2) is 8.84. The summed E-state index contributed by atoms with van der Waals surface area (Å²) in [4.78, 5) is 22.8. The Balaban J connectivity index is 1.85. The topological polar surface area (TPSA) is 98.7 Å². The monoisotopic (exact) mass is 342 g/mol. The van der Waals surface area contributed by atoms with Crippen molar-refractivity contribution < 1.29 is 19.8 Å². The van der Waals surface area contributed by atoms with Crippen molar-refractivity contribution in [2.75, 3.05) is 6.61 Å². The quantitative estimate of drug-likeness (QED) is 0.619. The number of carboxylic acids is 1. The first kappa shape index (κ1) is 18.5. The van der Waals surface area contributed by atoms with Crippen LogP contribution in [0.15, 0.2) is 48.5 Å². The van der Waals surface area contributed by atoms with Crippen LogP contribution in [0.3, 0.4) is 0 Å². The van der Waals surface area contributed by atoms with Gasteiger partial charge in [0.15, 0.2) is 0 Å². The van der Waals surface area contributed by atoms with Gasteiger partial charge in [0.05, 0.1) is 18.2 Å². The Morgan fingerprint density at radius 3 is 2.36 bits per heavy atom.